The quantitative estimate of drug-likeness (QED) is 0.666. The van der Waals surface area contributed by atoms with Crippen LogP contribution in [-0.4, -0.2) is 17.5 Å². The molecule has 0 saturated carbocycles. The van der Waals surface area contributed by atoms with Crippen molar-refractivity contribution in [1.29, 1.82) is 0 Å². The minimum atomic E-state index is -0.301. The molecule has 1 aromatic carbocycles. The Kier molecular flexibility index (Phi) is 5.30. The molecule has 0 spiro atoms. The third kappa shape index (κ3) is 3.87. The number of aryl methyl sites for hydroxylation is 1. The van der Waals surface area contributed by atoms with Gasteiger partial charge in [0.2, 0.25) is 0 Å². The predicted octanol–water partition coefficient (Wildman–Crippen LogP) is 3.42. The van der Waals surface area contributed by atoms with Gasteiger partial charge in [-0.15, -0.1) is 0 Å². The summed E-state index contributed by atoms with van der Waals surface area (Å²) in [7, 11) is 0. The SMILES string of the molecule is O=C(COc1cc2oc(=O)c3c(c2cc1Cl)CCCC3)NCc1cccnc1. The summed E-state index contributed by atoms with van der Waals surface area (Å²) in [6, 6.07) is 7.02. The predicted molar refractivity (Wildman–Crippen MR) is 106 cm³/mol. The number of hydrogen-bond donors (Lipinski definition) is 1. The van der Waals surface area contributed by atoms with E-state index in [4.69, 9.17) is 20.8 Å². The van der Waals surface area contributed by atoms with Crippen LogP contribution in [0, 0.1) is 0 Å². The van der Waals surface area contributed by atoms with Crippen molar-refractivity contribution in [2.24, 2.45) is 0 Å². The Morgan fingerprint density at radius 3 is 2.86 bits per heavy atom. The van der Waals surface area contributed by atoms with Crippen LogP contribution >= 0.6 is 11.6 Å². The first kappa shape index (κ1) is 18.5. The monoisotopic (exact) mass is 398 g/mol. The van der Waals surface area contributed by atoms with E-state index in [0.29, 0.717) is 22.9 Å². The molecule has 4 rings (SSSR count). The van der Waals surface area contributed by atoms with Crippen molar-refractivity contribution in [3.8, 4) is 5.75 Å². The fourth-order valence-corrected chi connectivity index (χ4v) is 3.67. The van der Waals surface area contributed by atoms with Crippen LogP contribution in [0.15, 0.2) is 45.9 Å². The van der Waals surface area contributed by atoms with Crippen molar-refractivity contribution in [3.05, 3.63) is 68.8 Å². The van der Waals surface area contributed by atoms with Gasteiger partial charge in [0, 0.05) is 36.0 Å². The average molecular weight is 399 g/mol. The largest absolute Gasteiger partial charge is 0.482 e. The molecule has 0 bridgehead atoms. The molecule has 0 radical (unpaired) electrons. The van der Waals surface area contributed by atoms with Crippen LogP contribution in [0.2, 0.25) is 5.02 Å². The van der Waals surface area contributed by atoms with Crippen molar-refractivity contribution in [1.82, 2.24) is 10.3 Å². The van der Waals surface area contributed by atoms with E-state index in [9.17, 15) is 9.59 Å². The van der Waals surface area contributed by atoms with Gasteiger partial charge in [-0.3, -0.25) is 9.78 Å². The summed E-state index contributed by atoms with van der Waals surface area (Å²) in [6.07, 6.45) is 6.96. The van der Waals surface area contributed by atoms with E-state index in [1.807, 2.05) is 6.07 Å². The number of fused-ring (bicyclic) bond motifs is 3. The number of benzene rings is 1. The molecule has 0 atom stereocenters. The van der Waals surface area contributed by atoms with Crippen molar-refractivity contribution < 1.29 is 13.9 Å². The number of aromatic nitrogens is 1. The fourth-order valence-electron chi connectivity index (χ4n) is 3.45. The maximum atomic E-state index is 12.3. The van der Waals surface area contributed by atoms with E-state index in [-0.39, 0.29) is 18.1 Å². The van der Waals surface area contributed by atoms with E-state index in [2.05, 4.69) is 10.3 Å². The first-order chi connectivity index (χ1) is 13.6. The Morgan fingerprint density at radius 2 is 2.07 bits per heavy atom. The summed E-state index contributed by atoms with van der Waals surface area (Å²) in [4.78, 5) is 28.3. The molecule has 1 aliphatic rings. The number of rotatable bonds is 5. The molecular weight excluding hydrogens is 380 g/mol. The first-order valence-corrected chi connectivity index (χ1v) is 9.56. The Labute approximate surface area is 166 Å². The summed E-state index contributed by atoms with van der Waals surface area (Å²) < 4.78 is 11.0. The van der Waals surface area contributed by atoms with Crippen LogP contribution in [-0.2, 0) is 24.2 Å². The molecule has 0 unspecified atom stereocenters. The van der Waals surface area contributed by atoms with Gasteiger partial charge in [-0.25, -0.2) is 4.79 Å². The number of hydrogen-bond acceptors (Lipinski definition) is 5. The van der Waals surface area contributed by atoms with Crippen LogP contribution < -0.4 is 15.7 Å². The highest BCUT2D eigenvalue weighted by atomic mass is 35.5. The number of pyridine rings is 1. The lowest BCUT2D eigenvalue weighted by Crippen LogP contribution is -2.28. The maximum absolute atomic E-state index is 12.3. The minimum Gasteiger partial charge on any atom is -0.482 e. The lowest BCUT2D eigenvalue weighted by atomic mass is 9.91. The Morgan fingerprint density at radius 1 is 1.25 bits per heavy atom. The van der Waals surface area contributed by atoms with Gasteiger partial charge in [0.25, 0.3) is 5.91 Å². The smallest absolute Gasteiger partial charge is 0.339 e. The highest BCUT2D eigenvalue weighted by Crippen LogP contribution is 2.34. The molecule has 7 heteroatoms. The maximum Gasteiger partial charge on any atom is 0.339 e. The van der Waals surface area contributed by atoms with Gasteiger partial charge in [-0.05, 0) is 48.9 Å². The van der Waals surface area contributed by atoms with Gasteiger partial charge in [0.1, 0.15) is 11.3 Å². The van der Waals surface area contributed by atoms with Crippen molar-refractivity contribution >= 4 is 28.5 Å². The molecule has 0 saturated heterocycles. The second-order valence-electron chi connectivity index (χ2n) is 6.76. The Bertz CT molecular complexity index is 1080. The highest BCUT2D eigenvalue weighted by molar-refractivity contribution is 6.32. The van der Waals surface area contributed by atoms with E-state index < -0.39 is 0 Å². The number of halogens is 1. The Hall–Kier alpha value is -2.86. The van der Waals surface area contributed by atoms with E-state index >= 15 is 0 Å². The first-order valence-electron chi connectivity index (χ1n) is 9.18. The number of carbonyl (C=O) groups excluding carboxylic acids is 1. The minimum absolute atomic E-state index is 0.194. The molecule has 144 valence electrons. The van der Waals surface area contributed by atoms with E-state index in [1.165, 1.54) is 0 Å². The molecule has 1 amide bonds. The molecule has 6 nitrogen and oxygen atoms in total. The van der Waals surface area contributed by atoms with Crippen LogP contribution in [0.5, 0.6) is 5.75 Å². The summed E-state index contributed by atoms with van der Waals surface area (Å²) in [5.74, 6) is 0.0246. The second kappa shape index (κ2) is 8.02. The zero-order valence-electron chi connectivity index (χ0n) is 15.2. The zero-order chi connectivity index (χ0) is 19.5. The van der Waals surface area contributed by atoms with Gasteiger partial charge in [0.05, 0.1) is 5.02 Å². The van der Waals surface area contributed by atoms with Crippen LogP contribution in [0.3, 0.4) is 0 Å². The second-order valence-corrected chi connectivity index (χ2v) is 7.17. The highest BCUT2D eigenvalue weighted by Gasteiger charge is 2.19. The van der Waals surface area contributed by atoms with Gasteiger partial charge >= 0.3 is 5.63 Å². The molecule has 28 heavy (non-hydrogen) atoms. The molecule has 0 aliphatic heterocycles. The number of amides is 1. The summed E-state index contributed by atoms with van der Waals surface area (Å²) in [5.41, 5.74) is 2.79. The average Bonchev–Trinajstić information content (AvgIpc) is 2.72. The topological polar surface area (TPSA) is 81.4 Å². The number of nitrogens with zero attached hydrogens (tertiary/aromatic N) is 1. The van der Waals surface area contributed by atoms with Crippen LogP contribution in [0.25, 0.3) is 11.0 Å². The fraction of sp³-hybridized carbons (Fsp3) is 0.286. The van der Waals surface area contributed by atoms with Crippen molar-refractivity contribution in [2.75, 3.05) is 6.61 Å². The lowest BCUT2D eigenvalue weighted by Gasteiger charge is -2.17. The number of ether oxygens (including phenoxy) is 1. The summed E-state index contributed by atoms with van der Waals surface area (Å²) in [6.45, 7) is 0.170. The van der Waals surface area contributed by atoms with Gasteiger partial charge in [-0.1, -0.05) is 17.7 Å². The molecule has 2 heterocycles. The third-order valence-corrected chi connectivity index (χ3v) is 5.14. The van der Waals surface area contributed by atoms with E-state index in [0.717, 1.165) is 47.8 Å². The zero-order valence-corrected chi connectivity index (χ0v) is 15.9. The van der Waals surface area contributed by atoms with Crippen LogP contribution in [0.1, 0.15) is 29.5 Å². The summed E-state index contributed by atoms with van der Waals surface area (Å²) >= 11 is 6.36. The number of carbonyl (C=O) groups is 1. The Balaban J connectivity index is 1.49. The molecule has 1 N–H and O–H groups in total. The molecule has 1 aliphatic carbocycles. The van der Waals surface area contributed by atoms with Crippen molar-refractivity contribution in [2.45, 2.75) is 32.2 Å². The van der Waals surface area contributed by atoms with Gasteiger partial charge < -0.3 is 14.5 Å². The number of nitrogens with one attached hydrogen (secondary N) is 1. The van der Waals surface area contributed by atoms with Crippen LogP contribution in [0.4, 0.5) is 0 Å². The van der Waals surface area contributed by atoms with E-state index in [1.54, 1.807) is 30.6 Å². The van der Waals surface area contributed by atoms with Crippen molar-refractivity contribution in [3.63, 3.8) is 0 Å². The third-order valence-electron chi connectivity index (χ3n) is 4.85. The molecular formula is C21H19ClN2O4. The molecule has 3 aromatic rings. The lowest BCUT2D eigenvalue weighted by molar-refractivity contribution is -0.123. The summed E-state index contributed by atoms with van der Waals surface area (Å²) in [5, 5.41) is 3.98. The van der Waals surface area contributed by atoms with Gasteiger partial charge in [-0.2, -0.15) is 0 Å². The molecule has 0 fully saturated rings. The standard InChI is InChI=1S/C21H19ClN2O4/c22-17-8-16-14-5-1-2-6-15(14)21(26)28-18(16)9-19(17)27-12-20(25)24-11-13-4-3-7-23-10-13/h3-4,7-10H,1-2,5-6,11-12H2,(H,24,25). The normalized spacial score (nSPS) is 13.2. The van der Waals surface area contributed by atoms with Gasteiger partial charge in [0.15, 0.2) is 6.61 Å². The molecule has 2 aromatic heterocycles.